The smallest absolute Gasteiger partial charge is 0.241 e. The minimum absolute atomic E-state index is 0.0577. The molecule has 1 heterocycles. The van der Waals surface area contributed by atoms with E-state index in [1.807, 2.05) is 13.8 Å². The van der Waals surface area contributed by atoms with E-state index in [1.54, 1.807) is 17.0 Å². The van der Waals surface area contributed by atoms with E-state index in [1.165, 1.54) is 19.2 Å². The van der Waals surface area contributed by atoms with Crippen molar-refractivity contribution in [2.24, 2.45) is 0 Å². The summed E-state index contributed by atoms with van der Waals surface area (Å²) in [6.45, 7) is 4.42. The Morgan fingerprint density at radius 3 is 2.61 bits per heavy atom. The van der Waals surface area contributed by atoms with Gasteiger partial charge in [0.05, 0.1) is 30.8 Å². The van der Waals surface area contributed by atoms with E-state index >= 15 is 0 Å². The van der Waals surface area contributed by atoms with Crippen LogP contribution in [-0.2, 0) is 19.6 Å². The molecule has 8 heteroatoms. The van der Waals surface area contributed by atoms with Gasteiger partial charge in [-0.3, -0.25) is 4.79 Å². The van der Waals surface area contributed by atoms with Crippen LogP contribution in [-0.4, -0.2) is 58.2 Å². The van der Waals surface area contributed by atoms with Crippen LogP contribution in [0.15, 0.2) is 29.2 Å². The van der Waals surface area contributed by atoms with Crippen LogP contribution in [0.3, 0.4) is 0 Å². The van der Waals surface area contributed by atoms with Crippen LogP contribution in [0.2, 0.25) is 0 Å². The number of rotatable bonds is 5. The second-order valence-electron chi connectivity index (χ2n) is 5.56. The van der Waals surface area contributed by atoms with Crippen molar-refractivity contribution in [1.29, 1.82) is 0 Å². The van der Waals surface area contributed by atoms with Gasteiger partial charge >= 0.3 is 0 Å². The van der Waals surface area contributed by atoms with Gasteiger partial charge < -0.3 is 14.4 Å². The number of carbonyl (C=O) groups is 1. The number of methoxy groups -OCH3 is 1. The third-order valence-electron chi connectivity index (χ3n) is 3.54. The molecule has 1 aliphatic rings. The summed E-state index contributed by atoms with van der Waals surface area (Å²) in [6.07, 6.45) is -0.115. The molecule has 1 aromatic carbocycles. The van der Waals surface area contributed by atoms with Gasteiger partial charge in [-0.2, -0.15) is 0 Å². The second-order valence-corrected chi connectivity index (χ2v) is 7.33. The third-order valence-corrected chi connectivity index (χ3v) is 4.94. The van der Waals surface area contributed by atoms with Gasteiger partial charge in [0.15, 0.2) is 0 Å². The summed E-state index contributed by atoms with van der Waals surface area (Å²) in [4.78, 5) is 13.9. The van der Waals surface area contributed by atoms with Gasteiger partial charge in [0.25, 0.3) is 0 Å². The molecular weight excluding hydrogens is 320 g/mol. The van der Waals surface area contributed by atoms with E-state index < -0.39 is 10.0 Å². The average molecular weight is 342 g/mol. The van der Waals surface area contributed by atoms with Crippen molar-refractivity contribution in [1.82, 2.24) is 9.62 Å². The lowest BCUT2D eigenvalue weighted by Crippen LogP contribution is -2.51. The maximum Gasteiger partial charge on any atom is 0.241 e. The van der Waals surface area contributed by atoms with E-state index in [-0.39, 0.29) is 29.6 Å². The molecule has 2 atom stereocenters. The molecule has 0 aromatic heterocycles. The number of amides is 1. The summed E-state index contributed by atoms with van der Waals surface area (Å²) in [6, 6.07) is 6.10. The van der Waals surface area contributed by atoms with Gasteiger partial charge in [-0.25, -0.2) is 13.1 Å². The molecule has 0 aliphatic carbocycles. The molecule has 7 nitrogen and oxygen atoms in total. The summed E-state index contributed by atoms with van der Waals surface area (Å²) >= 11 is 0. The first-order valence-electron chi connectivity index (χ1n) is 7.39. The fourth-order valence-electron chi connectivity index (χ4n) is 2.50. The topological polar surface area (TPSA) is 84.9 Å². The average Bonchev–Trinajstić information content (AvgIpc) is 2.51. The van der Waals surface area contributed by atoms with E-state index in [4.69, 9.17) is 9.47 Å². The van der Waals surface area contributed by atoms with Gasteiger partial charge in [-0.1, -0.05) is 6.07 Å². The van der Waals surface area contributed by atoms with Gasteiger partial charge in [0.2, 0.25) is 15.9 Å². The molecule has 0 spiro atoms. The van der Waals surface area contributed by atoms with Crippen molar-refractivity contribution in [3.8, 4) is 5.75 Å². The standard InChI is InChI=1S/C15H22N2O5S/c1-11-9-17(10-12(2)22-11)15(18)8-16-23(19,20)14-6-4-5-13(7-14)21-3/h4-7,11-12,16H,8-10H2,1-3H3. The monoisotopic (exact) mass is 342 g/mol. The van der Waals surface area contributed by atoms with E-state index in [2.05, 4.69) is 4.72 Å². The molecule has 1 aliphatic heterocycles. The van der Waals surface area contributed by atoms with E-state index in [9.17, 15) is 13.2 Å². The maximum atomic E-state index is 12.3. The zero-order valence-electron chi connectivity index (χ0n) is 13.5. The molecule has 23 heavy (non-hydrogen) atoms. The Kier molecular flexibility index (Phi) is 5.61. The first kappa shape index (κ1) is 17.7. The number of nitrogens with zero attached hydrogens (tertiary/aromatic N) is 1. The highest BCUT2D eigenvalue weighted by Crippen LogP contribution is 2.17. The van der Waals surface area contributed by atoms with Crippen LogP contribution < -0.4 is 9.46 Å². The van der Waals surface area contributed by atoms with Crippen molar-refractivity contribution in [3.63, 3.8) is 0 Å². The number of hydrogen-bond donors (Lipinski definition) is 1. The molecule has 2 rings (SSSR count). The highest BCUT2D eigenvalue weighted by Gasteiger charge is 2.26. The molecule has 1 N–H and O–H groups in total. The van der Waals surface area contributed by atoms with Crippen LogP contribution in [0.25, 0.3) is 0 Å². The minimum Gasteiger partial charge on any atom is -0.497 e. The Morgan fingerprint density at radius 2 is 2.00 bits per heavy atom. The largest absolute Gasteiger partial charge is 0.497 e. The number of nitrogens with one attached hydrogen (secondary N) is 1. The summed E-state index contributed by atoms with van der Waals surface area (Å²) in [7, 11) is -2.30. The van der Waals surface area contributed by atoms with Crippen LogP contribution in [0.5, 0.6) is 5.75 Å². The van der Waals surface area contributed by atoms with Gasteiger partial charge in [-0.05, 0) is 26.0 Å². The normalized spacial score (nSPS) is 22.0. The molecule has 0 saturated carbocycles. The van der Waals surface area contributed by atoms with Crippen molar-refractivity contribution in [2.75, 3.05) is 26.7 Å². The van der Waals surface area contributed by atoms with Crippen LogP contribution in [0.1, 0.15) is 13.8 Å². The number of carbonyl (C=O) groups excluding carboxylic acids is 1. The lowest BCUT2D eigenvalue weighted by atomic mass is 10.2. The lowest BCUT2D eigenvalue weighted by Gasteiger charge is -2.35. The van der Waals surface area contributed by atoms with Crippen LogP contribution >= 0.6 is 0 Å². The van der Waals surface area contributed by atoms with E-state index in [0.29, 0.717) is 18.8 Å². The fraction of sp³-hybridized carbons (Fsp3) is 0.533. The van der Waals surface area contributed by atoms with Crippen molar-refractivity contribution in [3.05, 3.63) is 24.3 Å². The van der Waals surface area contributed by atoms with Crippen LogP contribution in [0.4, 0.5) is 0 Å². The second kappa shape index (κ2) is 7.29. The van der Waals surface area contributed by atoms with Gasteiger partial charge in [0, 0.05) is 19.2 Å². The molecule has 0 radical (unpaired) electrons. The minimum atomic E-state index is -3.76. The predicted molar refractivity (Wildman–Crippen MR) is 84.8 cm³/mol. The Morgan fingerprint density at radius 1 is 1.35 bits per heavy atom. The maximum absolute atomic E-state index is 12.3. The molecule has 1 amide bonds. The van der Waals surface area contributed by atoms with Crippen LogP contribution in [0, 0.1) is 0 Å². The molecule has 1 fully saturated rings. The third kappa shape index (κ3) is 4.66. The SMILES string of the molecule is COc1cccc(S(=O)(=O)NCC(=O)N2CC(C)OC(C)C2)c1. The summed E-state index contributed by atoms with van der Waals surface area (Å²) in [5, 5.41) is 0. The number of ether oxygens (including phenoxy) is 2. The molecular formula is C15H22N2O5S. The van der Waals surface area contributed by atoms with Gasteiger partial charge in [-0.15, -0.1) is 0 Å². The summed E-state index contributed by atoms with van der Waals surface area (Å²) < 4.78 is 37.4. The highest BCUT2D eigenvalue weighted by molar-refractivity contribution is 7.89. The predicted octanol–water partition coefficient (Wildman–Crippen LogP) is 0.609. The summed E-state index contributed by atoms with van der Waals surface area (Å²) in [5.41, 5.74) is 0. The molecule has 0 bridgehead atoms. The zero-order chi connectivity index (χ0) is 17.0. The Balaban J connectivity index is 1.99. The zero-order valence-corrected chi connectivity index (χ0v) is 14.3. The quantitative estimate of drug-likeness (QED) is 0.847. The highest BCUT2D eigenvalue weighted by atomic mass is 32.2. The molecule has 1 saturated heterocycles. The van der Waals surface area contributed by atoms with Crippen molar-refractivity contribution in [2.45, 2.75) is 31.0 Å². The molecule has 1 aromatic rings. The fourth-order valence-corrected chi connectivity index (χ4v) is 3.51. The first-order chi connectivity index (χ1) is 10.8. The number of hydrogen-bond acceptors (Lipinski definition) is 5. The Labute approximate surface area is 136 Å². The van der Waals surface area contributed by atoms with E-state index in [0.717, 1.165) is 0 Å². The van der Waals surface area contributed by atoms with Crippen molar-refractivity contribution >= 4 is 15.9 Å². The molecule has 2 unspecified atom stereocenters. The molecule has 128 valence electrons. The Hall–Kier alpha value is -1.64. The number of benzene rings is 1. The lowest BCUT2D eigenvalue weighted by molar-refractivity contribution is -0.141. The Bertz CT molecular complexity index is 652. The summed E-state index contributed by atoms with van der Waals surface area (Å²) in [5.74, 6) is 0.175. The number of morpholine rings is 1. The van der Waals surface area contributed by atoms with Crippen molar-refractivity contribution < 1.29 is 22.7 Å². The number of sulfonamides is 1. The first-order valence-corrected chi connectivity index (χ1v) is 8.87. The van der Waals surface area contributed by atoms with Gasteiger partial charge in [0.1, 0.15) is 5.75 Å².